The number of ether oxygens (including phenoxy) is 2. The van der Waals surface area contributed by atoms with Gasteiger partial charge in [0.15, 0.2) is 5.78 Å². The molecule has 2 aromatic carbocycles. The lowest BCUT2D eigenvalue weighted by molar-refractivity contribution is -0.139. The molecule has 0 radical (unpaired) electrons. The highest BCUT2D eigenvalue weighted by Crippen LogP contribution is 2.44. The van der Waals surface area contributed by atoms with E-state index in [4.69, 9.17) is 9.47 Å². The monoisotopic (exact) mass is 674 g/mol. The van der Waals surface area contributed by atoms with Crippen molar-refractivity contribution in [1.29, 1.82) is 0 Å². The first kappa shape index (κ1) is 36.1. The highest BCUT2D eigenvalue weighted by Gasteiger charge is 2.32. The van der Waals surface area contributed by atoms with Crippen LogP contribution < -0.4 is 10.6 Å². The van der Waals surface area contributed by atoms with E-state index < -0.39 is 73.0 Å². The second-order valence-electron chi connectivity index (χ2n) is 11.4. The van der Waals surface area contributed by atoms with Gasteiger partial charge < -0.3 is 35.3 Å². The Labute approximate surface area is 281 Å². The number of carbonyl (C=O) groups is 6. The van der Waals surface area contributed by atoms with Crippen molar-refractivity contribution in [2.24, 2.45) is 5.92 Å². The molecular formula is C35H38N4O10. The van der Waals surface area contributed by atoms with Gasteiger partial charge >= 0.3 is 24.0 Å². The maximum absolute atomic E-state index is 13.6. The van der Waals surface area contributed by atoms with E-state index in [0.717, 1.165) is 28.3 Å². The van der Waals surface area contributed by atoms with Crippen LogP contribution in [0.2, 0.25) is 0 Å². The number of nitrogens with one attached hydrogen (secondary N) is 3. The first-order chi connectivity index (χ1) is 23.5. The van der Waals surface area contributed by atoms with Crippen molar-refractivity contribution in [2.75, 3.05) is 13.2 Å². The van der Waals surface area contributed by atoms with Gasteiger partial charge in [-0.1, -0.05) is 54.6 Å². The Morgan fingerprint density at radius 2 is 1.59 bits per heavy atom. The molecule has 5 N–H and O–H groups in total. The smallest absolute Gasteiger partial charge is 0.407 e. The van der Waals surface area contributed by atoms with Gasteiger partial charge in [-0.25, -0.2) is 14.6 Å². The summed E-state index contributed by atoms with van der Waals surface area (Å²) in [6.07, 6.45) is 2.38. The Kier molecular flexibility index (Phi) is 12.8. The minimum Gasteiger partial charge on any atom is -0.481 e. The van der Waals surface area contributed by atoms with Crippen LogP contribution >= 0.6 is 0 Å². The maximum Gasteiger partial charge on any atom is 0.407 e. The van der Waals surface area contributed by atoms with Crippen LogP contribution in [0.4, 0.5) is 4.79 Å². The average Bonchev–Trinajstić information content (AvgIpc) is 3.70. The molecule has 0 aliphatic heterocycles. The van der Waals surface area contributed by atoms with E-state index in [2.05, 4.69) is 20.6 Å². The van der Waals surface area contributed by atoms with Gasteiger partial charge in [0, 0.05) is 43.1 Å². The number of esters is 1. The number of rotatable bonds is 18. The number of Topliss-reactive ketones (excluding diaryl/α,β-unsaturated/α-hetero) is 1. The lowest BCUT2D eigenvalue weighted by Gasteiger charge is -2.23. The first-order valence-electron chi connectivity index (χ1n) is 15.8. The number of benzene rings is 2. The fraction of sp³-hybridized carbons (Fsp3) is 0.343. The molecule has 3 atom stereocenters. The Morgan fingerprint density at radius 3 is 2.18 bits per heavy atom. The Hall–Kier alpha value is -5.79. The third kappa shape index (κ3) is 10.3. The summed E-state index contributed by atoms with van der Waals surface area (Å²) in [6, 6.07) is 13.1. The Balaban J connectivity index is 1.47. The zero-order valence-electron chi connectivity index (χ0n) is 26.8. The van der Waals surface area contributed by atoms with Gasteiger partial charge in [-0.05, 0) is 35.6 Å². The van der Waals surface area contributed by atoms with Crippen LogP contribution in [-0.2, 0) is 39.9 Å². The van der Waals surface area contributed by atoms with Crippen LogP contribution in [0.3, 0.4) is 0 Å². The van der Waals surface area contributed by atoms with Crippen LogP contribution in [0.15, 0.2) is 73.2 Å². The molecule has 258 valence electrons. The van der Waals surface area contributed by atoms with Gasteiger partial charge in [0.25, 0.3) is 0 Å². The molecule has 0 unspecified atom stereocenters. The first-order valence-corrected chi connectivity index (χ1v) is 15.8. The molecule has 1 heterocycles. The van der Waals surface area contributed by atoms with E-state index in [1.54, 1.807) is 6.92 Å². The zero-order chi connectivity index (χ0) is 35.3. The molecule has 0 saturated carbocycles. The number of aromatic nitrogens is 2. The standard InChI is InChI=1S/C35H38N4O10/c1-2-48-33(45)14-11-22(17-32(43)44)38-34(46)21(15-23-18-36-20-37-23)16-30(40)29(12-13-31(41)42)39-35(47)49-19-28-26-9-5-3-7-24(26)25-8-4-6-10-27(25)28/h3-11,14,18,20-22,28-29H,2,12-13,15-17,19H2,1H3,(H,36,37)(H,38,46)(H,39,47)(H,41,42)(H,43,44)/b14-11+/t21-,22+,29-/m0/s1. The predicted octanol–water partition coefficient (Wildman–Crippen LogP) is 3.38. The van der Waals surface area contributed by atoms with E-state index in [1.807, 2.05) is 48.5 Å². The molecule has 2 amide bonds. The highest BCUT2D eigenvalue weighted by atomic mass is 16.5. The molecule has 1 aliphatic carbocycles. The number of amides is 2. The fourth-order valence-corrected chi connectivity index (χ4v) is 5.71. The summed E-state index contributed by atoms with van der Waals surface area (Å²) in [5.41, 5.74) is 4.54. The molecule has 14 nitrogen and oxygen atoms in total. The molecule has 1 aromatic heterocycles. The van der Waals surface area contributed by atoms with E-state index in [0.29, 0.717) is 5.69 Å². The molecule has 0 saturated heterocycles. The molecular weight excluding hydrogens is 636 g/mol. The molecule has 14 heteroatoms. The Morgan fingerprint density at radius 1 is 0.918 bits per heavy atom. The van der Waals surface area contributed by atoms with E-state index in [9.17, 15) is 39.0 Å². The van der Waals surface area contributed by atoms with Crippen molar-refractivity contribution in [3.05, 3.63) is 90.0 Å². The number of H-pyrrole nitrogens is 1. The van der Waals surface area contributed by atoms with Crippen molar-refractivity contribution in [3.8, 4) is 11.1 Å². The average molecular weight is 675 g/mol. The molecule has 49 heavy (non-hydrogen) atoms. The number of carboxylic acid groups (broad SMARTS) is 2. The molecule has 1 aliphatic rings. The Bertz CT molecular complexity index is 1640. The summed E-state index contributed by atoms with van der Waals surface area (Å²) in [5, 5.41) is 23.7. The quantitative estimate of drug-likeness (QED) is 0.0974. The zero-order valence-corrected chi connectivity index (χ0v) is 26.8. The minimum atomic E-state index is -1.30. The summed E-state index contributed by atoms with van der Waals surface area (Å²) in [6.45, 7) is 1.67. The number of aliphatic carboxylic acids is 2. The minimum absolute atomic E-state index is 0.0183. The molecule has 3 aromatic rings. The van der Waals surface area contributed by atoms with Gasteiger partial charge in [-0.2, -0.15) is 0 Å². The van der Waals surface area contributed by atoms with Crippen molar-refractivity contribution < 1.29 is 48.5 Å². The number of imidazole rings is 1. The number of ketones is 1. The van der Waals surface area contributed by atoms with Gasteiger partial charge in [0.05, 0.1) is 37.4 Å². The van der Waals surface area contributed by atoms with Crippen LogP contribution in [0.5, 0.6) is 0 Å². The van der Waals surface area contributed by atoms with Gasteiger partial charge in [-0.15, -0.1) is 0 Å². The predicted molar refractivity (Wildman–Crippen MR) is 174 cm³/mol. The third-order valence-corrected chi connectivity index (χ3v) is 7.98. The number of hydrogen-bond acceptors (Lipinski definition) is 9. The van der Waals surface area contributed by atoms with Crippen molar-refractivity contribution in [1.82, 2.24) is 20.6 Å². The third-order valence-electron chi connectivity index (χ3n) is 7.98. The van der Waals surface area contributed by atoms with E-state index in [-0.39, 0.29) is 32.0 Å². The van der Waals surface area contributed by atoms with E-state index in [1.165, 1.54) is 18.6 Å². The lowest BCUT2D eigenvalue weighted by atomic mass is 9.91. The number of hydrogen-bond donors (Lipinski definition) is 5. The number of fused-ring (bicyclic) bond motifs is 3. The second-order valence-corrected chi connectivity index (χ2v) is 11.4. The summed E-state index contributed by atoms with van der Waals surface area (Å²) in [7, 11) is 0. The van der Waals surface area contributed by atoms with Crippen molar-refractivity contribution >= 4 is 35.7 Å². The normalized spacial score (nSPS) is 13.8. The van der Waals surface area contributed by atoms with Crippen molar-refractivity contribution in [3.63, 3.8) is 0 Å². The van der Waals surface area contributed by atoms with Crippen LogP contribution in [0, 0.1) is 5.92 Å². The van der Waals surface area contributed by atoms with Crippen molar-refractivity contribution in [2.45, 2.75) is 57.0 Å². The summed E-state index contributed by atoms with van der Waals surface area (Å²) < 4.78 is 10.4. The highest BCUT2D eigenvalue weighted by molar-refractivity contribution is 5.92. The molecule has 4 rings (SSSR count). The number of aromatic amines is 1. The number of nitrogens with zero attached hydrogens (tertiary/aromatic N) is 1. The number of carbonyl (C=O) groups excluding carboxylic acids is 4. The van der Waals surface area contributed by atoms with Crippen LogP contribution in [0.1, 0.15) is 55.3 Å². The second kappa shape index (κ2) is 17.4. The lowest BCUT2D eigenvalue weighted by Crippen LogP contribution is -2.45. The van der Waals surface area contributed by atoms with Crippen LogP contribution in [-0.4, -0.2) is 81.2 Å². The van der Waals surface area contributed by atoms with E-state index >= 15 is 0 Å². The molecule has 0 bridgehead atoms. The topological polar surface area (TPSA) is 214 Å². The molecule has 0 fully saturated rings. The summed E-state index contributed by atoms with van der Waals surface area (Å²) in [5.74, 6) is -5.84. The van der Waals surface area contributed by atoms with Gasteiger partial charge in [-0.3, -0.25) is 19.2 Å². The van der Waals surface area contributed by atoms with Crippen LogP contribution in [0.25, 0.3) is 11.1 Å². The SMILES string of the molecule is CCOC(=O)/C=C/[C@H](CC(=O)O)NC(=O)[C@H](CC(=O)[C@H](CCC(=O)O)NC(=O)OCC1c2ccccc2-c2ccccc21)Cc1cnc[nH]1. The molecule has 0 spiro atoms. The number of carboxylic acids is 2. The largest absolute Gasteiger partial charge is 0.481 e. The summed E-state index contributed by atoms with van der Waals surface area (Å²) in [4.78, 5) is 81.7. The number of alkyl carbamates (subject to hydrolysis) is 1. The summed E-state index contributed by atoms with van der Waals surface area (Å²) >= 11 is 0. The fourth-order valence-electron chi connectivity index (χ4n) is 5.71. The van der Waals surface area contributed by atoms with Gasteiger partial charge in [0.1, 0.15) is 6.61 Å². The van der Waals surface area contributed by atoms with Gasteiger partial charge in [0.2, 0.25) is 5.91 Å². The maximum atomic E-state index is 13.6.